The van der Waals surface area contributed by atoms with Crippen molar-refractivity contribution in [2.75, 3.05) is 13.6 Å². The van der Waals surface area contributed by atoms with Crippen molar-refractivity contribution < 1.29 is 9.18 Å². The second-order valence-electron chi connectivity index (χ2n) is 5.74. The number of hydrogen-bond donors (Lipinski definition) is 1. The first kappa shape index (κ1) is 20.6. The lowest BCUT2D eigenvalue weighted by atomic mass is 10.2. The first-order valence-corrected chi connectivity index (χ1v) is 8.61. The number of nitrogens with zero attached hydrogens (tertiary/aromatic N) is 1. The summed E-state index contributed by atoms with van der Waals surface area (Å²) in [6.07, 6.45) is 0.505. The molecule has 0 radical (unpaired) electrons. The molecule has 0 bridgehead atoms. The fourth-order valence-corrected chi connectivity index (χ4v) is 3.35. The van der Waals surface area contributed by atoms with Crippen LogP contribution in [0.1, 0.15) is 25.1 Å². The number of halogens is 2. The molecule has 0 aliphatic heterocycles. The van der Waals surface area contributed by atoms with Crippen molar-refractivity contribution in [3.05, 3.63) is 47.1 Å². The molecule has 1 heterocycles. The predicted octanol–water partition coefficient (Wildman–Crippen LogP) is 4.32. The largest absolute Gasteiger partial charge is 0.335 e. The summed E-state index contributed by atoms with van der Waals surface area (Å²) in [5.74, 6) is -0.0716. The molecule has 0 saturated heterocycles. The number of carbonyl (C=O) groups is 1. The van der Waals surface area contributed by atoms with Crippen molar-refractivity contribution in [3.8, 4) is 10.4 Å². The van der Waals surface area contributed by atoms with E-state index in [1.165, 1.54) is 12.1 Å². The maximum Gasteiger partial charge on any atom is 0.224 e. The van der Waals surface area contributed by atoms with Crippen LogP contribution in [0.25, 0.3) is 10.4 Å². The summed E-state index contributed by atoms with van der Waals surface area (Å²) >= 11 is 1.65. The van der Waals surface area contributed by atoms with Crippen molar-refractivity contribution in [1.82, 2.24) is 10.2 Å². The molecule has 1 aromatic carbocycles. The zero-order valence-electron chi connectivity index (χ0n) is 14.2. The van der Waals surface area contributed by atoms with E-state index in [9.17, 15) is 9.18 Å². The van der Waals surface area contributed by atoms with Gasteiger partial charge in [0.15, 0.2) is 0 Å². The van der Waals surface area contributed by atoms with E-state index in [1.54, 1.807) is 23.5 Å². The van der Waals surface area contributed by atoms with E-state index < -0.39 is 0 Å². The Kier molecular flexibility index (Phi) is 8.39. The van der Waals surface area contributed by atoms with Gasteiger partial charge in [0.25, 0.3) is 0 Å². The van der Waals surface area contributed by atoms with Crippen LogP contribution in [0.4, 0.5) is 4.39 Å². The van der Waals surface area contributed by atoms with Crippen molar-refractivity contribution in [2.24, 2.45) is 0 Å². The highest BCUT2D eigenvalue weighted by Gasteiger charge is 2.17. The molecular formula is C18H24ClFN2OS. The minimum atomic E-state index is -0.230. The Morgan fingerprint density at radius 1 is 1.21 bits per heavy atom. The van der Waals surface area contributed by atoms with Gasteiger partial charge in [-0.05, 0) is 50.7 Å². The van der Waals surface area contributed by atoms with Crippen LogP contribution in [-0.2, 0) is 11.3 Å². The van der Waals surface area contributed by atoms with Gasteiger partial charge in [-0.25, -0.2) is 4.39 Å². The summed E-state index contributed by atoms with van der Waals surface area (Å²) in [6, 6.07) is 10.7. The molecule has 0 spiro atoms. The number of benzene rings is 1. The second kappa shape index (κ2) is 9.77. The van der Waals surface area contributed by atoms with E-state index in [4.69, 9.17) is 0 Å². The van der Waals surface area contributed by atoms with Gasteiger partial charge in [-0.15, -0.1) is 23.7 Å². The Labute approximate surface area is 153 Å². The second-order valence-corrected chi connectivity index (χ2v) is 6.91. The molecular weight excluding hydrogens is 347 g/mol. The number of hydrogen-bond acceptors (Lipinski definition) is 3. The van der Waals surface area contributed by atoms with E-state index in [2.05, 4.69) is 5.32 Å². The maximum atomic E-state index is 13.0. The molecule has 24 heavy (non-hydrogen) atoms. The topological polar surface area (TPSA) is 32.3 Å². The van der Waals surface area contributed by atoms with Crippen molar-refractivity contribution in [2.45, 2.75) is 32.9 Å². The standard InChI is InChI=1S/C18H23FN2OS.ClH/c1-13(2)21(18(22)10-11-20-3)12-16-8-9-17(23-16)14-4-6-15(19)7-5-14;/h4-9,13,20H,10-12H2,1-3H3;1H. The van der Waals surface area contributed by atoms with Crippen LogP contribution in [-0.4, -0.2) is 30.4 Å². The van der Waals surface area contributed by atoms with Gasteiger partial charge >= 0.3 is 0 Å². The van der Waals surface area contributed by atoms with E-state index in [-0.39, 0.29) is 30.2 Å². The predicted molar refractivity (Wildman–Crippen MR) is 101 cm³/mol. The first-order chi connectivity index (χ1) is 11.0. The smallest absolute Gasteiger partial charge is 0.224 e. The molecule has 2 rings (SSSR count). The third-order valence-corrected chi connectivity index (χ3v) is 4.77. The molecule has 132 valence electrons. The van der Waals surface area contributed by atoms with Crippen LogP contribution in [0.2, 0.25) is 0 Å². The molecule has 0 fully saturated rings. The lowest BCUT2D eigenvalue weighted by molar-refractivity contribution is -0.133. The number of carbonyl (C=O) groups excluding carboxylic acids is 1. The summed E-state index contributed by atoms with van der Waals surface area (Å²) in [6.45, 7) is 5.37. The Morgan fingerprint density at radius 3 is 2.46 bits per heavy atom. The molecule has 3 nitrogen and oxygen atoms in total. The van der Waals surface area contributed by atoms with Crippen LogP contribution in [0.5, 0.6) is 0 Å². The van der Waals surface area contributed by atoms with Gasteiger partial charge in [-0.1, -0.05) is 12.1 Å². The van der Waals surface area contributed by atoms with E-state index >= 15 is 0 Å². The van der Waals surface area contributed by atoms with Gasteiger partial charge in [0.1, 0.15) is 5.82 Å². The third kappa shape index (κ3) is 5.58. The Morgan fingerprint density at radius 2 is 1.88 bits per heavy atom. The molecule has 0 atom stereocenters. The average Bonchev–Trinajstić information content (AvgIpc) is 2.99. The number of amides is 1. The maximum absolute atomic E-state index is 13.0. The molecule has 0 aliphatic carbocycles. The Hall–Kier alpha value is -1.43. The van der Waals surface area contributed by atoms with Crippen LogP contribution in [0.3, 0.4) is 0 Å². The van der Waals surface area contributed by atoms with Crippen molar-refractivity contribution in [1.29, 1.82) is 0 Å². The summed E-state index contributed by atoms with van der Waals surface area (Å²) in [4.78, 5) is 16.4. The minimum absolute atomic E-state index is 0. The quantitative estimate of drug-likeness (QED) is 0.787. The van der Waals surface area contributed by atoms with Crippen LogP contribution in [0.15, 0.2) is 36.4 Å². The van der Waals surface area contributed by atoms with Crippen LogP contribution in [0, 0.1) is 5.82 Å². The summed E-state index contributed by atoms with van der Waals surface area (Å²) < 4.78 is 13.0. The average molecular weight is 371 g/mol. The number of nitrogens with one attached hydrogen (secondary N) is 1. The summed E-state index contributed by atoms with van der Waals surface area (Å²) in [5.41, 5.74) is 1.00. The molecule has 1 aromatic heterocycles. The van der Waals surface area contributed by atoms with Gasteiger partial charge in [0, 0.05) is 28.8 Å². The SMILES string of the molecule is CNCCC(=O)N(Cc1ccc(-c2ccc(F)cc2)s1)C(C)C.Cl. The molecule has 0 saturated carbocycles. The Balaban J connectivity index is 0.00000288. The molecule has 0 unspecified atom stereocenters. The van der Waals surface area contributed by atoms with E-state index in [1.807, 2.05) is 37.9 Å². The van der Waals surface area contributed by atoms with Gasteiger partial charge < -0.3 is 10.2 Å². The lowest BCUT2D eigenvalue weighted by Gasteiger charge is -2.26. The lowest BCUT2D eigenvalue weighted by Crippen LogP contribution is -2.37. The number of rotatable bonds is 7. The fourth-order valence-electron chi connectivity index (χ4n) is 2.33. The molecule has 2 aromatic rings. The van der Waals surface area contributed by atoms with Crippen LogP contribution < -0.4 is 5.32 Å². The van der Waals surface area contributed by atoms with Crippen LogP contribution >= 0.6 is 23.7 Å². The molecule has 1 amide bonds. The van der Waals surface area contributed by atoms with Gasteiger partial charge in [0.05, 0.1) is 6.54 Å². The fraction of sp³-hybridized carbons (Fsp3) is 0.389. The monoisotopic (exact) mass is 370 g/mol. The van der Waals surface area contributed by atoms with Gasteiger partial charge in [0.2, 0.25) is 5.91 Å². The molecule has 1 N–H and O–H groups in total. The van der Waals surface area contributed by atoms with E-state index in [0.29, 0.717) is 19.5 Å². The normalized spacial score (nSPS) is 10.5. The van der Waals surface area contributed by atoms with Gasteiger partial charge in [-0.2, -0.15) is 0 Å². The summed E-state index contributed by atoms with van der Waals surface area (Å²) in [7, 11) is 1.85. The Bertz CT molecular complexity index is 643. The van der Waals surface area contributed by atoms with E-state index in [0.717, 1.165) is 15.3 Å². The molecule has 0 aliphatic rings. The van der Waals surface area contributed by atoms with Crippen molar-refractivity contribution >= 4 is 29.7 Å². The number of thiophene rings is 1. The third-order valence-electron chi connectivity index (χ3n) is 3.65. The highest BCUT2D eigenvalue weighted by molar-refractivity contribution is 7.15. The van der Waals surface area contributed by atoms with Gasteiger partial charge in [-0.3, -0.25) is 4.79 Å². The highest BCUT2D eigenvalue weighted by Crippen LogP contribution is 2.29. The zero-order chi connectivity index (χ0) is 16.8. The zero-order valence-corrected chi connectivity index (χ0v) is 15.8. The summed E-state index contributed by atoms with van der Waals surface area (Å²) in [5, 5.41) is 3.01. The minimum Gasteiger partial charge on any atom is -0.335 e. The molecule has 6 heteroatoms. The van der Waals surface area contributed by atoms with Crippen molar-refractivity contribution in [3.63, 3.8) is 0 Å². The highest BCUT2D eigenvalue weighted by atomic mass is 35.5. The first-order valence-electron chi connectivity index (χ1n) is 7.80.